The van der Waals surface area contributed by atoms with Gasteiger partial charge in [0.15, 0.2) is 0 Å². The molecule has 0 unspecified atom stereocenters. The Balaban J connectivity index is 1.86. The third-order valence-electron chi connectivity index (χ3n) is 5.97. The van der Waals surface area contributed by atoms with Gasteiger partial charge >= 0.3 is 0 Å². The molecule has 0 amide bonds. The standard InChI is InChI=1S/C25H48O5/c1-2-3-4-5-6-7-8-9-10-11-12-13-14-15-16-17-18-19-29-25-23(20-26)30-21-22(27)24(25)28/h10-11,22-28H,2-9,12-21H2,1H3/b11-10+/t22-,23+,24+,25+/m1/s1. The van der Waals surface area contributed by atoms with Gasteiger partial charge in [-0.25, -0.2) is 0 Å². The second-order valence-corrected chi connectivity index (χ2v) is 8.74. The summed E-state index contributed by atoms with van der Waals surface area (Å²) in [6, 6.07) is 0. The second-order valence-electron chi connectivity index (χ2n) is 8.74. The Hall–Kier alpha value is -0.460. The van der Waals surface area contributed by atoms with Gasteiger partial charge in [0.25, 0.3) is 0 Å². The minimum Gasteiger partial charge on any atom is -0.394 e. The van der Waals surface area contributed by atoms with E-state index in [1.807, 2.05) is 0 Å². The number of allylic oxidation sites excluding steroid dienone is 2. The Morgan fingerprint density at radius 3 is 1.90 bits per heavy atom. The first-order valence-electron chi connectivity index (χ1n) is 12.6. The van der Waals surface area contributed by atoms with Crippen LogP contribution in [-0.4, -0.2) is 59.6 Å². The number of aliphatic hydroxyl groups excluding tert-OH is 3. The lowest BCUT2D eigenvalue weighted by molar-refractivity contribution is -0.211. The first-order valence-corrected chi connectivity index (χ1v) is 12.6. The maximum absolute atomic E-state index is 10.0. The molecule has 0 saturated carbocycles. The fourth-order valence-corrected chi connectivity index (χ4v) is 3.96. The summed E-state index contributed by atoms with van der Waals surface area (Å²) in [7, 11) is 0. The molecular weight excluding hydrogens is 380 g/mol. The summed E-state index contributed by atoms with van der Waals surface area (Å²) >= 11 is 0. The Bertz CT molecular complexity index is 399. The lowest BCUT2D eigenvalue weighted by atomic mass is 10.0. The molecule has 0 radical (unpaired) electrons. The van der Waals surface area contributed by atoms with E-state index in [-0.39, 0.29) is 13.2 Å². The molecule has 1 aliphatic heterocycles. The van der Waals surface area contributed by atoms with Gasteiger partial charge in [0.05, 0.1) is 13.2 Å². The number of ether oxygens (including phenoxy) is 2. The predicted octanol–water partition coefficient (Wildman–Crippen LogP) is 4.91. The Labute approximate surface area is 184 Å². The average molecular weight is 429 g/mol. The molecular formula is C25H48O5. The maximum Gasteiger partial charge on any atom is 0.114 e. The SMILES string of the molecule is CCCCCCCCC/C=C/CCCCCCCCO[C@@H]1[C@@H](O)[C@H](O)CO[C@H]1CO. The molecule has 0 aromatic heterocycles. The molecule has 30 heavy (non-hydrogen) atoms. The van der Waals surface area contributed by atoms with E-state index in [4.69, 9.17) is 9.47 Å². The first kappa shape index (κ1) is 27.6. The van der Waals surface area contributed by atoms with Crippen molar-refractivity contribution in [3.8, 4) is 0 Å². The summed E-state index contributed by atoms with van der Waals surface area (Å²) in [5, 5.41) is 29.0. The molecule has 1 aliphatic rings. The fraction of sp³-hybridized carbons (Fsp3) is 0.920. The third-order valence-corrected chi connectivity index (χ3v) is 5.97. The van der Waals surface area contributed by atoms with E-state index in [0.717, 1.165) is 12.8 Å². The van der Waals surface area contributed by atoms with Crippen LogP contribution in [0.1, 0.15) is 103 Å². The highest BCUT2D eigenvalue weighted by Crippen LogP contribution is 2.19. The fourth-order valence-electron chi connectivity index (χ4n) is 3.96. The molecule has 1 saturated heterocycles. The van der Waals surface area contributed by atoms with Gasteiger partial charge in [-0.3, -0.25) is 0 Å². The summed E-state index contributed by atoms with van der Waals surface area (Å²) in [6.45, 7) is 2.63. The summed E-state index contributed by atoms with van der Waals surface area (Å²) in [5.41, 5.74) is 0. The summed E-state index contributed by atoms with van der Waals surface area (Å²) in [6.07, 6.45) is 20.7. The van der Waals surface area contributed by atoms with Crippen molar-refractivity contribution in [2.45, 2.75) is 128 Å². The normalized spacial score (nSPS) is 24.7. The molecule has 178 valence electrons. The van der Waals surface area contributed by atoms with E-state index in [1.54, 1.807) is 0 Å². The predicted molar refractivity (Wildman–Crippen MR) is 123 cm³/mol. The number of unbranched alkanes of at least 4 members (excludes halogenated alkanes) is 13. The molecule has 0 bridgehead atoms. The lowest BCUT2D eigenvalue weighted by Gasteiger charge is -2.37. The van der Waals surface area contributed by atoms with Gasteiger partial charge in [-0.2, -0.15) is 0 Å². The first-order chi connectivity index (χ1) is 14.7. The zero-order valence-electron chi connectivity index (χ0n) is 19.4. The molecule has 5 heteroatoms. The summed E-state index contributed by atoms with van der Waals surface area (Å²) < 4.78 is 11.0. The van der Waals surface area contributed by atoms with Crippen molar-refractivity contribution in [1.29, 1.82) is 0 Å². The second kappa shape index (κ2) is 19.2. The number of hydrogen-bond acceptors (Lipinski definition) is 5. The molecule has 3 N–H and O–H groups in total. The molecule has 1 heterocycles. The highest BCUT2D eigenvalue weighted by atomic mass is 16.6. The zero-order valence-corrected chi connectivity index (χ0v) is 19.4. The summed E-state index contributed by atoms with van der Waals surface area (Å²) in [5.74, 6) is 0. The molecule has 0 aliphatic carbocycles. The van der Waals surface area contributed by atoms with Gasteiger partial charge in [0, 0.05) is 6.61 Å². The van der Waals surface area contributed by atoms with Crippen LogP contribution in [0.2, 0.25) is 0 Å². The highest BCUT2D eigenvalue weighted by molar-refractivity contribution is 4.87. The molecule has 0 aromatic carbocycles. The number of rotatable bonds is 19. The van der Waals surface area contributed by atoms with Gasteiger partial charge in [-0.1, -0.05) is 83.3 Å². The van der Waals surface area contributed by atoms with E-state index in [1.165, 1.54) is 83.5 Å². The maximum atomic E-state index is 10.0. The lowest BCUT2D eigenvalue weighted by Crippen LogP contribution is -2.55. The van der Waals surface area contributed by atoms with E-state index in [0.29, 0.717) is 6.61 Å². The topological polar surface area (TPSA) is 79.2 Å². The van der Waals surface area contributed by atoms with Crippen molar-refractivity contribution in [2.75, 3.05) is 19.8 Å². The van der Waals surface area contributed by atoms with Crippen LogP contribution in [0.15, 0.2) is 12.2 Å². The van der Waals surface area contributed by atoms with Crippen LogP contribution >= 0.6 is 0 Å². The van der Waals surface area contributed by atoms with Gasteiger partial charge in [0.1, 0.15) is 24.4 Å². The Morgan fingerprint density at radius 2 is 1.33 bits per heavy atom. The van der Waals surface area contributed by atoms with Crippen LogP contribution in [0, 0.1) is 0 Å². The molecule has 0 spiro atoms. The molecule has 1 rings (SSSR count). The van der Waals surface area contributed by atoms with Crippen LogP contribution in [-0.2, 0) is 9.47 Å². The van der Waals surface area contributed by atoms with Crippen molar-refractivity contribution >= 4 is 0 Å². The Kier molecular flexibility index (Phi) is 17.7. The monoisotopic (exact) mass is 428 g/mol. The van der Waals surface area contributed by atoms with E-state index in [2.05, 4.69) is 19.1 Å². The zero-order chi connectivity index (χ0) is 21.9. The van der Waals surface area contributed by atoms with Gasteiger partial charge < -0.3 is 24.8 Å². The van der Waals surface area contributed by atoms with E-state index in [9.17, 15) is 15.3 Å². The highest BCUT2D eigenvalue weighted by Gasteiger charge is 2.39. The summed E-state index contributed by atoms with van der Waals surface area (Å²) in [4.78, 5) is 0. The van der Waals surface area contributed by atoms with Gasteiger partial charge in [-0.05, 0) is 32.1 Å². The van der Waals surface area contributed by atoms with E-state index < -0.39 is 24.4 Å². The molecule has 4 atom stereocenters. The van der Waals surface area contributed by atoms with E-state index >= 15 is 0 Å². The smallest absolute Gasteiger partial charge is 0.114 e. The van der Waals surface area contributed by atoms with Gasteiger partial charge in [0.2, 0.25) is 0 Å². The van der Waals surface area contributed by atoms with Crippen LogP contribution < -0.4 is 0 Å². The number of hydrogen-bond donors (Lipinski definition) is 3. The molecule has 1 fully saturated rings. The van der Waals surface area contributed by atoms with Crippen LogP contribution in [0.4, 0.5) is 0 Å². The van der Waals surface area contributed by atoms with Crippen LogP contribution in [0.25, 0.3) is 0 Å². The van der Waals surface area contributed by atoms with Crippen molar-refractivity contribution in [2.24, 2.45) is 0 Å². The van der Waals surface area contributed by atoms with Crippen molar-refractivity contribution in [3.05, 3.63) is 12.2 Å². The van der Waals surface area contributed by atoms with Crippen molar-refractivity contribution in [1.82, 2.24) is 0 Å². The third kappa shape index (κ3) is 13.1. The van der Waals surface area contributed by atoms with Crippen LogP contribution in [0.3, 0.4) is 0 Å². The minimum atomic E-state index is -0.991. The molecule has 0 aromatic rings. The van der Waals surface area contributed by atoms with Gasteiger partial charge in [-0.15, -0.1) is 0 Å². The quantitative estimate of drug-likeness (QED) is 0.201. The van der Waals surface area contributed by atoms with Crippen molar-refractivity contribution < 1.29 is 24.8 Å². The van der Waals surface area contributed by atoms with Crippen LogP contribution in [0.5, 0.6) is 0 Å². The average Bonchev–Trinajstić information content (AvgIpc) is 2.75. The molecule has 5 nitrogen and oxygen atoms in total. The largest absolute Gasteiger partial charge is 0.394 e. The number of aliphatic hydroxyl groups is 3. The minimum absolute atomic E-state index is 0.0422. The Morgan fingerprint density at radius 1 is 0.800 bits per heavy atom. The van der Waals surface area contributed by atoms with Crippen molar-refractivity contribution in [3.63, 3.8) is 0 Å².